The van der Waals surface area contributed by atoms with Crippen LogP contribution in [-0.2, 0) is 10.0 Å². The highest BCUT2D eigenvalue weighted by atomic mass is 32.2. The van der Waals surface area contributed by atoms with Crippen LogP contribution in [0.15, 0.2) is 41.8 Å². The highest BCUT2D eigenvalue weighted by Gasteiger charge is 2.11. The molecule has 0 saturated carbocycles. The third-order valence-corrected chi connectivity index (χ3v) is 3.81. The Morgan fingerprint density at radius 3 is 2.41 bits per heavy atom. The van der Waals surface area contributed by atoms with Gasteiger partial charge in [-0.2, -0.15) is 0 Å². The van der Waals surface area contributed by atoms with E-state index in [9.17, 15) is 8.42 Å². The van der Waals surface area contributed by atoms with Crippen LogP contribution in [-0.4, -0.2) is 21.0 Å². The molecule has 0 bridgehead atoms. The van der Waals surface area contributed by atoms with Gasteiger partial charge in [-0.05, 0) is 31.2 Å². The van der Waals surface area contributed by atoms with Crippen molar-refractivity contribution in [3.05, 3.63) is 36.9 Å². The van der Waals surface area contributed by atoms with Gasteiger partial charge in [0.05, 0.1) is 4.90 Å². The normalized spacial score (nSPS) is 13.1. The largest absolute Gasteiger partial charge is 0.379 e. The summed E-state index contributed by atoms with van der Waals surface area (Å²) in [6, 6.07) is 6.78. The highest BCUT2D eigenvalue weighted by molar-refractivity contribution is 7.89. The Morgan fingerprint density at radius 2 is 1.94 bits per heavy atom. The second-order valence-electron chi connectivity index (χ2n) is 3.69. The van der Waals surface area contributed by atoms with Crippen LogP contribution in [0.3, 0.4) is 0 Å². The number of benzene rings is 1. The van der Waals surface area contributed by atoms with Gasteiger partial charge in [-0.15, -0.1) is 6.58 Å². The second-order valence-corrected chi connectivity index (χ2v) is 5.46. The van der Waals surface area contributed by atoms with Gasteiger partial charge in [-0.1, -0.05) is 13.0 Å². The van der Waals surface area contributed by atoms with Crippen LogP contribution < -0.4 is 10.0 Å². The first kappa shape index (κ1) is 13.7. The molecule has 0 aromatic heterocycles. The molecule has 0 amide bonds. The van der Waals surface area contributed by atoms with Crippen LogP contribution in [0.4, 0.5) is 5.69 Å². The molecule has 0 spiro atoms. The second kappa shape index (κ2) is 5.84. The number of hydrogen-bond donors (Lipinski definition) is 2. The molecular weight excluding hydrogens is 236 g/mol. The summed E-state index contributed by atoms with van der Waals surface area (Å²) in [5, 5.41) is 3.17. The Bertz CT molecular complexity index is 466. The fourth-order valence-electron chi connectivity index (χ4n) is 1.33. The van der Waals surface area contributed by atoms with Crippen molar-refractivity contribution in [2.24, 2.45) is 0 Å². The van der Waals surface area contributed by atoms with Crippen LogP contribution in [0.2, 0.25) is 0 Å². The molecule has 1 aromatic carbocycles. The molecule has 0 fully saturated rings. The van der Waals surface area contributed by atoms with E-state index in [4.69, 9.17) is 0 Å². The number of rotatable bonds is 6. The van der Waals surface area contributed by atoms with Crippen molar-refractivity contribution >= 4 is 15.7 Å². The minimum Gasteiger partial charge on any atom is -0.379 e. The molecule has 0 aliphatic rings. The summed E-state index contributed by atoms with van der Waals surface area (Å²) < 4.78 is 25.8. The number of anilines is 1. The Balaban J connectivity index is 2.85. The summed E-state index contributed by atoms with van der Waals surface area (Å²) in [5.41, 5.74) is 0.868. The molecule has 1 aromatic rings. The Labute approximate surface area is 103 Å². The minimum absolute atomic E-state index is 0.145. The van der Waals surface area contributed by atoms with E-state index in [2.05, 4.69) is 16.6 Å². The minimum atomic E-state index is -3.36. The van der Waals surface area contributed by atoms with Crippen molar-refractivity contribution in [3.8, 4) is 0 Å². The van der Waals surface area contributed by atoms with Gasteiger partial charge >= 0.3 is 0 Å². The van der Waals surface area contributed by atoms with Crippen molar-refractivity contribution in [3.63, 3.8) is 0 Å². The first-order chi connectivity index (χ1) is 7.99. The standard InChI is InChI=1S/C12H18N2O2S/c1-4-10(3)14-11-6-8-12(9-7-11)17(15,16)13-5-2/h4,6-10,13-14H,1,5H2,2-3H3. The Morgan fingerprint density at radius 1 is 1.35 bits per heavy atom. The van der Waals surface area contributed by atoms with Crippen molar-refractivity contribution in [1.29, 1.82) is 0 Å². The molecule has 5 heteroatoms. The fraction of sp³-hybridized carbons (Fsp3) is 0.333. The average Bonchev–Trinajstić information content (AvgIpc) is 2.29. The summed E-state index contributed by atoms with van der Waals surface area (Å²) in [6.45, 7) is 7.77. The molecule has 1 rings (SSSR count). The van der Waals surface area contributed by atoms with E-state index in [1.165, 1.54) is 0 Å². The summed E-state index contributed by atoms with van der Waals surface area (Å²) in [7, 11) is -3.36. The maximum Gasteiger partial charge on any atom is 0.240 e. The van der Waals surface area contributed by atoms with Crippen LogP contribution in [0.1, 0.15) is 13.8 Å². The van der Waals surface area contributed by atoms with Crippen LogP contribution in [0, 0.1) is 0 Å². The first-order valence-electron chi connectivity index (χ1n) is 5.48. The van der Waals surface area contributed by atoms with E-state index in [1.807, 2.05) is 6.92 Å². The maximum absolute atomic E-state index is 11.7. The van der Waals surface area contributed by atoms with Gasteiger partial charge in [0.2, 0.25) is 10.0 Å². The van der Waals surface area contributed by atoms with Crippen LogP contribution in [0.5, 0.6) is 0 Å². The summed E-state index contributed by atoms with van der Waals surface area (Å²) >= 11 is 0. The van der Waals surface area contributed by atoms with E-state index in [0.717, 1.165) is 5.69 Å². The van der Waals surface area contributed by atoms with Crippen molar-refractivity contribution in [1.82, 2.24) is 4.72 Å². The molecule has 4 nitrogen and oxygen atoms in total. The first-order valence-corrected chi connectivity index (χ1v) is 6.96. The number of nitrogens with one attached hydrogen (secondary N) is 2. The van der Waals surface area contributed by atoms with Gasteiger partial charge in [0, 0.05) is 18.3 Å². The average molecular weight is 254 g/mol. The molecule has 1 atom stereocenters. The summed E-state index contributed by atoms with van der Waals surface area (Å²) in [6.07, 6.45) is 1.78. The third-order valence-electron chi connectivity index (χ3n) is 2.25. The van der Waals surface area contributed by atoms with Crippen LogP contribution in [0.25, 0.3) is 0 Å². The quantitative estimate of drug-likeness (QED) is 0.763. The van der Waals surface area contributed by atoms with E-state index in [0.29, 0.717) is 6.54 Å². The molecular formula is C12H18N2O2S. The molecule has 0 heterocycles. The molecule has 2 N–H and O–H groups in total. The predicted octanol–water partition coefficient (Wildman–Crippen LogP) is 1.97. The lowest BCUT2D eigenvalue weighted by Crippen LogP contribution is -2.23. The molecule has 94 valence electrons. The van der Waals surface area contributed by atoms with Crippen molar-refractivity contribution < 1.29 is 8.42 Å². The molecule has 0 aliphatic carbocycles. The summed E-state index contributed by atoms with van der Waals surface area (Å²) in [4.78, 5) is 0.274. The zero-order chi connectivity index (χ0) is 12.9. The lowest BCUT2D eigenvalue weighted by atomic mass is 10.2. The van der Waals surface area contributed by atoms with E-state index in [1.54, 1.807) is 37.3 Å². The molecule has 0 aliphatic heterocycles. The molecule has 0 radical (unpaired) electrons. The van der Waals surface area contributed by atoms with Gasteiger partial charge in [-0.25, -0.2) is 13.1 Å². The van der Waals surface area contributed by atoms with Gasteiger partial charge < -0.3 is 5.32 Å². The molecule has 17 heavy (non-hydrogen) atoms. The van der Waals surface area contributed by atoms with Gasteiger partial charge in [0.1, 0.15) is 0 Å². The number of sulfonamides is 1. The Kier molecular flexibility index (Phi) is 4.72. The molecule has 0 saturated heterocycles. The monoisotopic (exact) mass is 254 g/mol. The van der Waals surface area contributed by atoms with Gasteiger partial charge in [-0.3, -0.25) is 0 Å². The zero-order valence-corrected chi connectivity index (χ0v) is 10.9. The number of hydrogen-bond acceptors (Lipinski definition) is 3. The lowest BCUT2D eigenvalue weighted by Gasteiger charge is -2.11. The van der Waals surface area contributed by atoms with E-state index in [-0.39, 0.29) is 10.9 Å². The predicted molar refractivity (Wildman–Crippen MR) is 70.6 cm³/mol. The van der Waals surface area contributed by atoms with E-state index < -0.39 is 10.0 Å². The maximum atomic E-state index is 11.7. The van der Waals surface area contributed by atoms with Gasteiger partial charge in [0.25, 0.3) is 0 Å². The Hall–Kier alpha value is -1.33. The fourth-order valence-corrected chi connectivity index (χ4v) is 2.37. The molecule has 1 unspecified atom stereocenters. The van der Waals surface area contributed by atoms with E-state index >= 15 is 0 Å². The lowest BCUT2D eigenvalue weighted by molar-refractivity contribution is 0.584. The smallest absolute Gasteiger partial charge is 0.240 e. The highest BCUT2D eigenvalue weighted by Crippen LogP contribution is 2.14. The van der Waals surface area contributed by atoms with Gasteiger partial charge in [0.15, 0.2) is 0 Å². The third kappa shape index (κ3) is 3.87. The summed E-state index contributed by atoms with van der Waals surface area (Å²) in [5.74, 6) is 0. The van der Waals surface area contributed by atoms with Crippen molar-refractivity contribution in [2.45, 2.75) is 24.8 Å². The SMILES string of the molecule is C=CC(C)Nc1ccc(S(=O)(=O)NCC)cc1. The zero-order valence-electron chi connectivity index (χ0n) is 10.1. The van der Waals surface area contributed by atoms with Crippen molar-refractivity contribution in [2.75, 3.05) is 11.9 Å². The topological polar surface area (TPSA) is 58.2 Å². The van der Waals surface area contributed by atoms with Crippen LogP contribution >= 0.6 is 0 Å².